The molecular weight excluding hydrogens is 350 g/mol. The van der Waals surface area contributed by atoms with Gasteiger partial charge in [0.2, 0.25) is 6.23 Å². The van der Waals surface area contributed by atoms with Gasteiger partial charge in [0.15, 0.2) is 0 Å². The Morgan fingerprint density at radius 2 is 2.19 bits per heavy atom. The van der Waals surface area contributed by atoms with Crippen molar-refractivity contribution >= 4 is 5.82 Å². The Labute approximate surface area is 146 Å². The van der Waals surface area contributed by atoms with Crippen molar-refractivity contribution in [3.8, 4) is 0 Å². The normalized spacial score (nSPS) is 28.2. The third-order valence-corrected chi connectivity index (χ3v) is 4.75. The second-order valence-corrected chi connectivity index (χ2v) is 6.46. The number of rotatable bonds is 3. The van der Waals surface area contributed by atoms with E-state index in [1.54, 1.807) is 6.20 Å². The summed E-state index contributed by atoms with van der Waals surface area (Å²) in [7, 11) is 0. The van der Waals surface area contributed by atoms with Crippen molar-refractivity contribution in [2.45, 2.75) is 37.4 Å². The van der Waals surface area contributed by atoms with Gasteiger partial charge in [-0.25, -0.2) is 9.78 Å². The van der Waals surface area contributed by atoms with Crippen LogP contribution in [0.15, 0.2) is 29.5 Å². The quantitative estimate of drug-likeness (QED) is 0.746. The number of alkyl halides is 2. The molecule has 0 bridgehead atoms. The van der Waals surface area contributed by atoms with Gasteiger partial charge in [0.25, 0.3) is 0 Å². The standard InChI is InChI=1S/C15H18F2N6O3/c16-15(17)12(24)9(7-21-5-6-22-4-2-19-11(22)8-21)26-13(15)23-3-1-10(18)20-14(23)25/h1-4,9,12-13,24H,5-8H2,(H2,18,20,25)/t9-,12-,13-/m1/s1. The summed E-state index contributed by atoms with van der Waals surface area (Å²) in [6, 6.07) is 1.23. The van der Waals surface area contributed by atoms with E-state index in [1.165, 1.54) is 6.07 Å². The molecule has 11 heteroatoms. The molecule has 0 saturated carbocycles. The number of halogens is 2. The van der Waals surface area contributed by atoms with Crippen LogP contribution in [0, 0.1) is 0 Å². The predicted octanol–water partition coefficient (Wildman–Crippen LogP) is -0.569. The Kier molecular flexibility index (Phi) is 4.01. The second kappa shape index (κ2) is 6.11. The van der Waals surface area contributed by atoms with Gasteiger partial charge in [-0.2, -0.15) is 13.8 Å². The lowest BCUT2D eigenvalue weighted by Crippen LogP contribution is -2.45. The largest absolute Gasteiger partial charge is 0.384 e. The molecule has 0 aromatic carbocycles. The molecule has 2 aromatic rings. The lowest BCUT2D eigenvalue weighted by atomic mass is 10.1. The Bertz CT molecular complexity index is 869. The molecule has 0 amide bonds. The van der Waals surface area contributed by atoms with Crippen molar-refractivity contribution in [1.29, 1.82) is 0 Å². The first-order valence-corrected chi connectivity index (χ1v) is 8.14. The van der Waals surface area contributed by atoms with E-state index >= 15 is 0 Å². The summed E-state index contributed by atoms with van der Waals surface area (Å²) < 4.78 is 37.1. The highest BCUT2D eigenvalue weighted by Crippen LogP contribution is 2.42. The summed E-state index contributed by atoms with van der Waals surface area (Å²) in [6.45, 7) is 1.87. The molecule has 3 atom stereocenters. The highest BCUT2D eigenvalue weighted by atomic mass is 19.3. The Hall–Kier alpha value is -2.37. The molecule has 140 valence electrons. The SMILES string of the molecule is Nc1ccn([C@@H]2O[C@H](CN3CCn4ccnc4C3)[C@@H](O)C2(F)F)c(=O)n1. The number of anilines is 1. The van der Waals surface area contributed by atoms with Gasteiger partial charge in [0.1, 0.15) is 23.9 Å². The number of aliphatic hydroxyl groups excluding tert-OH is 1. The van der Waals surface area contributed by atoms with E-state index in [0.29, 0.717) is 24.2 Å². The van der Waals surface area contributed by atoms with Crippen LogP contribution in [-0.4, -0.2) is 60.3 Å². The fourth-order valence-corrected chi connectivity index (χ4v) is 3.36. The summed E-state index contributed by atoms with van der Waals surface area (Å²) in [5.41, 5.74) is 4.43. The number of nitrogen functional groups attached to an aromatic ring is 1. The minimum absolute atomic E-state index is 0.0755. The van der Waals surface area contributed by atoms with E-state index in [1.807, 2.05) is 15.7 Å². The van der Waals surface area contributed by atoms with Crippen LogP contribution in [0.4, 0.5) is 14.6 Å². The number of imidazole rings is 1. The number of hydrogen-bond donors (Lipinski definition) is 2. The fraction of sp³-hybridized carbons (Fsp3) is 0.533. The first-order chi connectivity index (χ1) is 12.4. The van der Waals surface area contributed by atoms with Gasteiger partial charge in [0, 0.05) is 38.2 Å². The highest BCUT2D eigenvalue weighted by Gasteiger charge is 2.59. The Morgan fingerprint density at radius 3 is 2.96 bits per heavy atom. The van der Waals surface area contributed by atoms with Crippen molar-refractivity contribution in [3.63, 3.8) is 0 Å². The molecule has 0 unspecified atom stereocenters. The summed E-state index contributed by atoms with van der Waals surface area (Å²) in [5, 5.41) is 10.1. The maximum absolute atomic E-state index is 14.5. The van der Waals surface area contributed by atoms with Gasteiger partial charge in [0.05, 0.1) is 6.54 Å². The van der Waals surface area contributed by atoms with E-state index in [-0.39, 0.29) is 12.4 Å². The molecule has 1 saturated heterocycles. The lowest BCUT2D eigenvalue weighted by Gasteiger charge is -2.30. The lowest BCUT2D eigenvalue weighted by molar-refractivity contribution is -0.140. The molecule has 4 heterocycles. The number of ether oxygens (including phenoxy) is 1. The van der Waals surface area contributed by atoms with Crippen molar-refractivity contribution in [2.24, 2.45) is 0 Å². The molecule has 2 aromatic heterocycles. The molecule has 2 aliphatic rings. The number of hydrogen-bond acceptors (Lipinski definition) is 7. The molecule has 0 spiro atoms. The number of fused-ring (bicyclic) bond motifs is 1. The minimum Gasteiger partial charge on any atom is -0.384 e. The number of aromatic nitrogens is 4. The summed E-state index contributed by atoms with van der Waals surface area (Å²) >= 11 is 0. The molecule has 0 radical (unpaired) electrons. The van der Waals surface area contributed by atoms with Crippen LogP contribution in [0.2, 0.25) is 0 Å². The smallest absolute Gasteiger partial charge is 0.351 e. The maximum Gasteiger partial charge on any atom is 0.351 e. The van der Waals surface area contributed by atoms with Gasteiger partial charge < -0.3 is 20.1 Å². The third kappa shape index (κ3) is 2.77. The van der Waals surface area contributed by atoms with E-state index in [4.69, 9.17) is 10.5 Å². The summed E-state index contributed by atoms with van der Waals surface area (Å²) in [5.74, 6) is -2.89. The Morgan fingerprint density at radius 1 is 1.38 bits per heavy atom. The van der Waals surface area contributed by atoms with Crippen molar-refractivity contribution in [1.82, 2.24) is 24.0 Å². The molecular formula is C15H18F2N6O3. The van der Waals surface area contributed by atoms with Gasteiger partial charge in [-0.3, -0.25) is 9.47 Å². The molecule has 2 aliphatic heterocycles. The fourth-order valence-electron chi connectivity index (χ4n) is 3.36. The van der Waals surface area contributed by atoms with E-state index in [9.17, 15) is 18.7 Å². The first-order valence-electron chi connectivity index (χ1n) is 8.14. The minimum atomic E-state index is -3.64. The maximum atomic E-state index is 14.5. The monoisotopic (exact) mass is 368 g/mol. The Balaban J connectivity index is 1.53. The molecule has 9 nitrogen and oxygen atoms in total. The van der Waals surface area contributed by atoms with Gasteiger partial charge >= 0.3 is 11.6 Å². The number of nitrogens with two attached hydrogens (primary N) is 1. The van der Waals surface area contributed by atoms with Crippen LogP contribution >= 0.6 is 0 Å². The zero-order valence-corrected chi connectivity index (χ0v) is 13.7. The van der Waals surface area contributed by atoms with Crippen molar-refractivity contribution < 1.29 is 18.6 Å². The van der Waals surface area contributed by atoms with Gasteiger partial charge in [-0.15, -0.1) is 0 Å². The zero-order chi connectivity index (χ0) is 18.5. The van der Waals surface area contributed by atoms with Gasteiger partial charge in [-0.05, 0) is 6.07 Å². The van der Waals surface area contributed by atoms with Crippen LogP contribution in [-0.2, 0) is 17.8 Å². The summed E-state index contributed by atoms with van der Waals surface area (Å²) in [6.07, 6.45) is -0.492. The van der Waals surface area contributed by atoms with E-state index in [2.05, 4.69) is 9.97 Å². The van der Waals surface area contributed by atoms with Crippen molar-refractivity contribution in [2.75, 3.05) is 18.8 Å². The van der Waals surface area contributed by atoms with Crippen LogP contribution in [0.5, 0.6) is 0 Å². The first kappa shape index (κ1) is 17.1. The molecule has 4 rings (SSSR count). The summed E-state index contributed by atoms with van der Waals surface area (Å²) in [4.78, 5) is 21.4. The van der Waals surface area contributed by atoms with Gasteiger partial charge in [-0.1, -0.05) is 0 Å². The highest BCUT2D eigenvalue weighted by molar-refractivity contribution is 5.23. The average molecular weight is 368 g/mol. The molecule has 26 heavy (non-hydrogen) atoms. The molecule has 3 N–H and O–H groups in total. The zero-order valence-electron chi connectivity index (χ0n) is 13.7. The third-order valence-electron chi connectivity index (χ3n) is 4.75. The molecule has 1 fully saturated rings. The van der Waals surface area contributed by atoms with E-state index < -0.39 is 30.0 Å². The second-order valence-electron chi connectivity index (χ2n) is 6.46. The number of aliphatic hydroxyl groups is 1. The molecule has 0 aliphatic carbocycles. The predicted molar refractivity (Wildman–Crippen MR) is 85.3 cm³/mol. The van der Waals surface area contributed by atoms with E-state index in [0.717, 1.165) is 12.0 Å². The van der Waals surface area contributed by atoms with Crippen molar-refractivity contribution in [3.05, 3.63) is 41.0 Å². The topological polar surface area (TPSA) is 111 Å². The average Bonchev–Trinajstić information content (AvgIpc) is 3.13. The van der Waals surface area contributed by atoms with Crippen LogP contribution < -0.4 is 11.4 Å². The van der Waals surface area contributed by atoms with Crippen LogP contribution in [0.25, 0.3) is 0 Å². The van der Waals surface area contributed by atoms with Crippen LogP contribution in [0.3, 0.4) is 0 Å². The number of nitrogens with zero attached hydrogens (tertiary/aromatic N) is 5. The van der Waals surface area contributed by atoms with Crippen LogP contribution in [0.1, 0.15) is 12.1 Å².